The number of amidine groups is 1. The fourth-order valence-electron chi connectivity index (χ4n) is 3.89. The third-order valence-electron chi connectivity index (χ3n) is 4.90. The molecule has 3 nitrogen and oxygen atoms in total. The van der Waals surface area contributed by atoms with Crippen LogP contribution in [0.1, 0.15) is 68.7 Å². The predicted octanol–water partition coefficient (Wildman–Crippen LogP) is 4.47. The average molecular weight is 321 g/mol. The minimum atomic E-state index is 0.0164. The lowest BCUT2D eigenvalue weighted by Crippen LogP contribution is -2.47. The summed E-state index contributed by atoms with van der Waals surface area (Å²) in [5.41, 5.74) is 3.09. The first-order valence-electron chi connectivity index (χ1n) is 8.97. The summed E-state index contributed by atoms with van der Waals surface area (Å²) >= 11 is 0. The summed E-state index contributed by atoms with van der Waals surface area (Å²) in [6.07, 6.45) is 0.977. The number of hydrogen-bond donors (Lipinski definition) is 1. The van der Waals surface area contributed by atoms with Crippen LogP contribution in [0.25, 0.3) is 0 Å². The summed E-state index contributed by atoms with van der Waals surface area (Å²) < 4.78 is 0. The molecule has 0 aromatic rings. The Morgan fingerprint density at radius 1 is 1.00 bits per heavy atom. The Morgan fingerprint density at radius 3 is 1.96 bits per heavy atom. The molecule has 0 bridgehead atoms. The van der Waals surface area contributed by atoms with Crippen molar-refractivity contribution in [2.45, 2.75) is 74.8 Å². The number of aliphatic imine (C=N–C) groups is 1. The molecular formula is C20H36N2O. The number of aliphatic hydroxyl groups excluding tert-OH is 1. The maximum atomic E-state index is 9.73. The molecular weight excluding hydrogens is 284 g/mol. The van der Waals surface area contributed by atoms with Crippen molar-refractivity contribution in [2.75, 3.05) is 13.2 Å². The van der Waals surface area contributed by atoms with Crippen LogP contribution in [0.5, 0.6) is 0 Å². The molecule has 0 amide bonds. The third kappa shape index (κ3) is 3.50. The van der Waals surface area contributed by atoms with Gasteiger partial charge in [-0.25, -0.2) is 0 Å². The number of fused-ring (bicyclic) bond motifs is 1. The third-order valence-corrected chi connectivity index (χ3v) is 4.90. The first-order valence-corrected chi connectivity index (χ1v) is 8.97. The Kier molecular flexibility index (Phi) is 4.52. The molecule has 1 saturated heterocycles. The first-order chi connectivity index (χ1) is 10.3. The van der Waals surface area contributed by atoms with Crippen molar-refractivity contribution in [3.8, 4) is 0 Å². The van der Waals surface area contributed by atoms with E-state index in [1.54, 1.807) is 0 Å². The second-order valence-electron chi connectivity index (χ2n) is 10.4. The molecule has 132 valence electrons. The molecule has 0 aromatic carbocycles. The lowest BCUT2D eigenvalue weighted by molar-refractivity contribution is 0.230. The van der Waals surface area contributed by atoms with Gasteiger partial charge in [-0.2, -0.15) is 0 Å². The Balaban J connectivity index is 2.66. The highest BCUT2D eigenvalue weighted by Crippen LogP contribution is 2.48. The van der Waals surface area contributed by atoms with E-state index >= 15 is 0 Å². The molecule has 0 aliphatic carbocycles. The van der Waals surface area contributed by atoms with Gasteiger partial charge in [0.15, 0.2) is 0 Å². The quantitative estimate of drug-likeness (QED) is 0.773. The standard InChI is InChI=1S/C20H36N2O/c1-18(2,3)15-14-10-13(12-23)11-22(14)17(20(7,8)9)21-16(15)19(4,5)6/h13,16,23H,10-12H2,1-9H3. The highest BCUT2D eigenvalue weighted by molar-refractivity contribution is 5.90. The number of rotatable bonds is 1. The van der Waals surface area contributed by atoms with E-state index in [9.17, 15) is 5.11 Å². The number of hydrogen-bond acceptors (Lipinski definition) is 3. The highest BCUT2D eigenvalue weighted by atomic mass is 16.3. The zero-order valence-corrected chi connectivity index (χ0v) is 16.6. The maximum Gasteiger partial charge on any atom is 0.109 e. The van der Waals surface area contributed by atoms with Gasteiger partial charge in [0.25, 0.3) is 0 Å². The second-order valence-corrected chi connectivity index (χ2v) is 10.4. The number of allylic oxidation sites excluding steroid dienone is 1. The van der Waals surface area contributed by atoms with Crippen molar-refractivity contribution in [3.63, 3.8) is 0 Å². The Bertz CT molecular complexity index is 523. The SMILES string of the molecule is CC(C)(C)C1=NC(C(C)(C)C)C(C(C)(C)C)=C2CC(CO)CN12. The lowest BCUT2D eigenvalue weighted by Gasteiger charge is -2.45. The summed E-state index contributed by atoms with van der Waals surface area (Å²) in [4.78, 5) is 7.71. The van der Waals surface area contributed by atoms with Crippen LogP contribution in [0.2, 0.25) is 0 Å². The van der Waals surface area contributed by atoms with Gasteiger partial charge in [0.05, 0.1) is 6.04 Å². The van der Waals surface area contributed by atoms with Gasteiger partial charge in [-0.1, -0.05) is 62.3 Å². The van der Waals surface area contributed by atoms with Crippen LogP contribution in [0, 0.1) is 22.2 Å². The number of nitrogens with zero attached hydrogens (tertiary/aromatic N) is 2. The summed E-state index contributed by atoms with van der Waals surface area (Å²) in [7, 11) is 0. The van der Waals surface area contributed by atoms with Gasteiger partial charge in [-0.15, -0.1) is 0 Å². The van der Waals surface area contributed by atoms with Gasteiger partial charge in [0.1, 0.15) is 5.84 Å². The molecule has 2 unspecified atom stereocenters. The molecule has 1 fully saturated rings. The van der Waals surface area contributed by atoms with Gasteiger partial charge in [0, 0.05) is 30.2 Å². The summed E-state index contributed by atoms with van der Waals surface area (Å²) in [6.45, 7) is 21.7. The monoisotopic (exact) mass is 320 g/mol. The summed E-state index contributed by atoms with van der Waals surface area (Å²) in [5, 5.41) is 9.73. The summed E-state index contributed by atoms with van der Waals surface area (Å²) in [6, 6.07) is 0.209. The van der Waals surface area contributed by atoms with Crippen molar-refractivity contribution >= 4 is 5.84 Å². The molecule has 2 heterocycles. The minimum Gasteiger partial charge on any atom is -0.396 e. The van der Waals surface area contributed by atoms with Crippen LogP contribution < -0.4 is 0 Å². The van der Waals surface area contributed by atoms with Crippen molar-refractivity contribution in [2.24, 2.45) is 27.2 Å². The summed E-state index contributed by atoms with van der Waals surface area (Å²) in [5.74, 6) is 1.52. The number of aliphatic hydroxyl groups is 1. The zero-order valence-electron chi connectivity index (χ0n) is 16.6. The van der Waals surface area contributed by atoms with Crippen LogP contribution >= 0.6 is 0 Å². The van der Waals surface area contributed by atoms with Gasteiger partial charge in [-0.3, -0.25) is 4.99 Å². The van der Waals surface area contributed by atoms with Crippen molar-refractivity contribution in [1.82, 2.24) is 4.90 Å². The van der Waals surface area contributed by atoms with Gasteiger partial charge >= 0.3 is 0 Å². The van der Waals surface area contributed by atoms with Crippen LogP contribution in [0.4, 0.5) is 0 Å². The van der Waals surface area contributed by atoms with E-state index in [0.717, 1.165) is 13.0 Å². The lowest BCUT2D eigenvalue weighted by atomic mass is 9.70. The van der Waals surface area contributed by atoms with E-state index in [1.165, 1.54) is 17.1 Å². The van der Waals surface area contributed by atoms with E-state index in [-0.39, 0.29) is 28.9 Å². The molecule has 0 aromatic heterocycles. The van der Waals surface area contributed by atoms with Crippen molar-refractivity contribution in [1.29, 1.82) is 0 Å². The van der Waals surface area contributed by atoms with Gasteiger partial charge in [0.2, 0.25) is 0 Å². The molecule has 23 heavy (non-hydrogen) atoms. The maximum absolute atomic E-state index is 9.73. The Morgan fingerprint density at radius 2 is 1.57 bits per heavy atom. The molecule has 2 rings (SSSR count). The predicted molar refractivity (Wildman–Crippen MR) is 98.5 cm³/mol. The van der Waals surface area contributed by atoms with E-state index < -0.39 is 0 Å². The van der Waals surface area contributed by atoms with Gasteiger partial charge in [-0.05, 0) is 22.8 Å². The molecule has 0 spiro atoms. The fraction of sp³-hybridized carbons (Fsp3) is 0.850. The van der Waals surface area contributed by atoms with E-state index in [4.69, 9.17) is 4.99 Å². The fourth-order valence-corrected chi connectivity index (χ4v) is 3.89. The van der Waals surface area contributed by atoms with Crippen LogP contribution in [-0.2, 0) is 0 Å². The molecule has 0 saturated carbocycles. The average Bonchev–Trinajstić information content (AvgIpc) is 2.76. The van der Waals surface area contributed by atoms with Crippen LogP contribution in [0.15, 0.2) is 16.3 Å². The van der Waals surface area contributed by atoms with E-state index in [2.05, 4.69) is 67.2 Å². The minimum absolute atomic E-state index is 0.0164. The van der Waals surface area contributed by atoms with E-state index in [1.807, 2.05) is 0 Å². The Hall–Kier alpha value is -0.830. The first kappa shape index (κ1) is 18.5. The molecule has 3 heteroatoms. The van der Waals surface area contributed by atoms with Gasteiger partial charge < -0.3 is 10.0 Å². The molecule has 2 aliphatic heterocycles. The second kappa shape index (κ2) is 5.61. The van der Waals surface area contributed by atoms with E-state index in [0.29, 0.717) is 5.92 Å². The van der Waals surface area contributed by atoms with Crippen molar-refractivity contribution in [3.05, 3.63) is 11.3 Å². The van der Waals surface area contributed by atoms with Crippen LogP contribution in [0.3, 0.4) is 0 Å². The highest BCUT2D eigenvalue weighted by Gasteiger charge is 2.46. The zero-order chi connectivity index (χ0) is 17.8. The topological polar surface area (TPSA) is 35.8 Å². The van der Waals surface area contributed by atoms with Crippen molar-refractivity contribution < 1.29 is 5.11 Å². The van der Waals surface area contributed by atoms with Crippen LogP contribution in [-0.4, -0.2) is 35.0 Å². The molecule has 2 atom stereocenters. The normalized spacial score (nSPS) is 26.5. The molecule has 1 N–H and O–H groups in total. The molecule has 2 aliphatic rings. The Labute approximate surface area is 142 Å². The molecule has 0 radical (unpaired) electrons. The smallest absolute Gasteiger partial charge is 0.109 e. The largest absolute Gasteiger partial charge is 0.396 e.